The standard InChI is InChI=1S/C24H29N5O4S/c1-15-20(22(31)33-4)16(2)25-21(15)18(30)14-34-24-27-26-23(28-12-8-5-9-13-28)29(24)17-10-6-7-11-19(17)32-3/h6-7,10-11,25H,5,8-9,12-14H2,1-4H3. The number of piperidine rings is 1. The minimum absolute atomic E-state index is 0.130. The Morgan fingerprint density at radius 1 is 1.09 bits per heavy atom. The Hall–Kier alpha value is -3.27. The number of ketones is 1. The molecule has 180 valence electrons. The van der Waals surface area contributed by atoms with Crippen molar-refractivity contribution in [1.82, 2.24) is 19.7 Å². The number of nitrogens with zero attached hydrogens (tertiary/aromatic N) is 4. The summed E-state index contributed by atoms with van der Waals surface area (Å²) in [5.41, 5.74) is 2.84. The summed E-state index contributed by atoms with van der Waals surface area (Å²) >= 11 is 1.31. The van der Waals surface area contributed by atoms with Crippen molar-refractivity contribution in [2.45, 2.75) is 38.3 Å². The third kappa shape index (κ3) is 4.54. The molecule has 34 heavy (non-hydrogen) atoms. The van der Waals surface area contributed by atoms with Crippen molar-refractivity contribution in [2.75, 3.05) is 38.0 Å². The van der Waals surface area contributed by atoms with E-state index in [0.29, 0.717) is 33.4 Å². The van der Waals surface area contributed by atoms with Gasteiger partial charge in [-0.1, -0.05) is 23.9 Å². The van der Waals surface area contributed by atoms with Crippen molar-refractivity contribution in [3.8, 4) is 11.4 Å². The van der Waals surface area contributed by atoms with Crippen LogP contribution in [0.1, 0.15) is 51.4 Å². The molecular formula is C24H29N5O4S. The van der Waals surface area contributed by atoms with Crippen LogP contribution in [0.5, 0.6) is 5.75 Å². The van der Waals surface area contributed by atoms with Crippen LogP contribution in [0.25, 0.3) is 5.69 Å². The van der Waals surface area contributed by atoms with Crippen LogP contribution < -0.4 is 9.64 Å². The molecule has 1 fully saturated rings. The van der Waals surface area contributed by atoms with Crippen molar-refractivity contribution < 1.29 is 19.1 Å². The van der Waals surface area contributed by atoms with E-state index in [9.17, 15) is 9.59 Å². The maximum atomic E-state index is 13.1. The summed E-state index contributed by atoms with van der Waals surface area (Å²) < 4.78 is 12.4. The van der Waals surface area contributed by atoms with Gasteiger partial charge in [0.1, 0.15) is 5.75 Å². The van der Waals surface area contributed by atoms with Gasteiger partial charge in [-0.25, -0.2) is 4.79 Å². The summed E-state index contributed by atoms with van der Waals surface area (Å²) in [5.74, 6) is 0.996. The van der Waals surface area contributed by atoms with Crippen molar-refractivity contribution in [3.63, 3.8) is 0 Å². The zero-order chi connectivity index (χ0) is 24.2. The molecule has 0 saturated carbocycles. The highest BCUT2D eigenvalue weighted by molar-refractivity contribution is 7.99. The van der Waals surface area contributed by atoms with Gasteiger partial charge in [0.25, 0.3) is 0 Å². The number of ether oxygens (including phenoxy) is 2. The van der Waals surface area contributed by atoms with Crippen LogP contribution in [0.2, 0.25) is 0 Å². The monoisotopic (exact) mass is 483 g/mol. The molecule has 10 heteroatoms. The Bertz CT molecular complexity index is 1200. The van der Waals surface area contributed by atoms with E-state index in [2.05, 4.69) is 20.1 Å². The van der Waals surface area contributed by atoms with Crippen LogP contribution >= 0.6 is 11.8 Å². The van der Waals surface area contributed by atoms with Gasteiger partial charge in [-0.15, -0.1) is 10.2 Å². The van der Waals surface area contributed by atoms with Crippen molar-refractivity contribution >= 4 is 29.5 Å². The number of anilines is 1. The number of hydrogen-bond acceptors (Lipinski definition) is 8. The zero-order valence-corrected chi connectivity index (χ0v) is 20.7. The second-order valence-corrected chi connectivity index (χ2v) is 9.11. The van der Waals surface area contributed by atoms with Crippen LogP contribution in [0.3, 0.4) is 0 Å². The maximum Gasteiger partial charge on any atom is 0.339 e. The van der Waals surface area contributed by atoms with Gasteiger partial charge in [-0.05, 0) is 50.8 Å². The fraction of sp³-hybridized carbons (Fsp3) is 0.417. The summed E-state index contributed by atoms with van der Waals surface area (Å²) in [7, 11) is 2.96. The lowest BCUT2D eigenvalue weighted by Crippen LogP contribution is -2.31. The van der Waals surface area contributed by atoms with E-state index >= 15 is 0 Å². The van der Waals surface area contributed by atoms with Gasteiger partial charge in [0.2, 0.25) is 5.95 Å². The summed E-state index contributed by atoms with van der Waals surface area (Å²) in [6.45, 7) is 5.33. The predicted octanol–water partition coefficient (Wildman–Crippen LogP) is 3.97. The Labute approximate surface area is 202 Å². The number of hydrogen-bond donors (Lipinski definition) is 1. The first kappa shape index (κ1) is 23.9. The molecule has 4 rings (SSSR count). The SMILES string of the molecule is COC(=O)c1c(C)[nH]c(C(=O)CSc2nnc(N3CCCCC3)n2-c2ccccc2OC)c1C. The number of rotatable bonds is 8. The maximum absolute atomic E-state index is 13.1. The first-order valence-electron chi connectivity index (χ1n) is 11.2. The fourth-order valence-corrected chi connectivity index (χ4v) is 5.13. The smallest absolute Gasteiger partial charge is 0.339 e. The number of para-hydroxylation sites is 2. The van der Waals surface area contributed by atoms with Crippen molar-refractivity contribution in [2.24, 2.45) is 0 Å². The molecule has 1 aliphatic heterocycles. The Morgan fingerprint density at radius 3 is 2.53 bits per heavy atom. The normalized spacial score (nSPS) is 13.7. The number of benzene rings is 1. The third-order valence-electron chi connectivity index (χ3n) is 6.02. The lowest BCUT2D eigenvalue weighted by molar-refractivity contribution is 0.0599. The molecule has 1 N–H and O–H groups in total. The van der Waals surface area contributed by atoms with Gasteiger partial charge in [-0.3, -0.25) is 9.36 Å². The summed E-state index contributed by atoms with van der Waals surface area (Å²) in [6.07, 6.45) is 3.42. The summed E-state index contributed by atoms with van der Waals surface area (Å²) in [4.78, 5) is 30.5. The van der Waals surface area contributed by atoms with Gasteiger partial charge < -0.3 is 19.4 Å². The van der Waals surface area contributed by atoms with Gasteiger partial charge in [0.15, 0.2) is 10.9 Å². The first-order valence-corrected chi connectivity index (χ1v) is 12.2. The van der Waals surface area contributed by atoms with E-state index in [1.54, 1.807) is 21.0 Å². The number of esters is 1. The Balaban J connectivity index is 1.64. The second kappa shape index (κ2) is 10.3. The van der Waals surface area contributed by atoms with E-state index in [1.165, 1.54) is 25.3 Å². The quantitative estimate of drug-likeness (QED) is 0.292. The number of carbonyl (C=O) groups is 2. The molecule has 3 heterocycles. The molecule has 0 spiro atoms. The summed E-state index contributed by atoms with van der Waals surface area (Å²) in [5, 5.41) is 9.54. The lowest BCUT2D eigenvalue weighted by Gasteiger charge is -2.28. The van der Waals surface area contributed by atoms with E-state index < -0.39 is 5.97 Å². The molecule has 0 aliphatic carbocycles. The zero-order valence-electron chi connectivity index (χ0n) is 19.9. The van der Waals surface area contributed by atoms with Crippen molar-refractivity contribution in [1.29, 1.82) is 0 Å². The van der Waals surface area contributed by atoms with Crippen LogP contribution in [0.15, 0.2) is 29.4 Å². The lowest BCUT2D eigenvalue weighted by atomic mass is 10.1. The number of H-pyrrole nitrogens is 1. The molecule has 0 radical (unpaired) electrons. The van der Waals surface area contributed by atoms with Crippen molar-refractivity contribution in [3.05, 3.63) is 46.8 Å². The number of aromatic amines is 1. The molecular weight excluding hydrogens is 454 g/mol. The van der Waals surface area contributed by atoms with E-state index in [1.807, 2.05) is 28.8 Å². The van der Waals surface area contributed by atoms with E-state index in [4.69, 9.17) is 9.47 Å². The average molecular weight is 484 g/mol. The number of Topliss-reactive ketones (excluding diaryl/α,β-unsaturated/α-hetero) is 1. The number of aromatic nitrogens is 4. The number of aryl methyl sites for hydroxylation is 1. The molecule has 1 aromatic carbocycles. The van der Waals surface area contributed by atoms with Gasteiger partial charge in [0.05, 0.1) is 36.9 Å². The van der Waals surface area contributed by atoms with E-state index in [0.717, 1.165) is 37.6 Å². The minimum Gasteiger partial charge on any atom is -0.495 e. The molecule has 0 bridgehead atoms. The number of methoxy groups -OCH3 is 2. The van der Waals surface area contributed by atoms with E-state index in [-0.39, 0.29) is 11.5 Å². The number of thioether (sulfide) groups is 1. The molecule has 0 unspecified atom stereocenters. The first-order chi connectivity index (χ1) is 16.5. The van der Waals surface area contributed by atoms with Gasteiger partial charge in [-0.2, -0.15) is 0 Å². The topological polar surface area (TPSA) is 102 Å². The van der Waals surface area contributed by atoms with Crippen LogP contribution in [0, 0.1) is 13.8 Å². The van der Waals surface area contributed by atoms with Gasteiger partial charge >= 0.3 is 5.97 Å². The molecule has 1 saturated heterocycles. The van der Waals surface area contributed by atoms with Gasteiger partial charge in [0, 0.05) is 18.8 Å². The molecule has 9 nitrogen and oxygen atoms in total. The fourth-order valence-electron chi connectivity index (χ4n) is 4.32. The van der Waals surface area contributed by atoms with Crippen LogP contribution in [-0.4, -0.2) is 64.6 Å². The molecule has 2 aromatic heterocycles. The Kier molecular flexibility index (Phi) is 7.26. The molecule has 0 atom stereocenters. The highest BCUT2D eigenvalue weighted by Crippen LogP contribution is 2.33. The average Bonchev–Trinajstić information content (AvgIpc) is 3.42. The highest BCUT2D eigenvalue weighted by atomic mass is 32.2. The number of carbonyl (C=O) groups excluding carboxylic acids is 2. The van der Waals surface area contributed by atoms with Crippen LogP contribution in [0.4, 0.5) is 5.95 Å². The third-order valence-corrected chi connectivity index (χ3v) is 6.95. The molecule has 0 amide bonds. The van der Waals surface area contributed by atoms with Crippen LogP contribution in [-0.2, 0) is 4.74 Å². The minimum atomic E-state index is -0.458. The number of nitrogens with one attached hydrogen (secondary N) is 1. The highest BCUT2D eigenvalue weighted by Gasteiger charge is 2.26. The molecule has 1 aliphatic rings. The summed E-state index contributed by atoms with van der Waals surface area (Å²) in [6, 6.07) is 7.71. The Morgan fingerprint density at radius 2 is 1.82 bits per heavy atom. The largest absolute Gasteiger partial charge is 0.495 e. The second-order valence-electron chi connectivity index (χ2n) is 8.17. The molecule has 3 aromatic rings. The predicted molar refractivity (Wildman–Crippen MR) is 131 cm³/mol.